The van der Waals surface area contributed by atoms with Gasteiger partial charge in [-0.15, -0.1) is 0 Å². The van der Waals surface area contributed by atoms with E-state index in [9.17, 15) is 0 Å². The summed E-state index contributed by atoms with van der Waals surface area (Å²) in [5, 5.41) is 0. The van der Waals surface area contributed by atoms with Gasteiger partial charge >= 0.3 is 0 Å². The molecule has 2 N–H and O–H groups in total. The van der Waals surface area contributed by atoms with Crippen LogP contribution in [-0.2, 0) is 0 Å². The molecule has 1 spiro atoms. The number of nitrogens with zero attached hydrogens (tertiary/aromatic N) is 1. The van der Waals surface area contributed by atoms with Crippen molar-refractivity contribution in [1.82, 2.24) is 4.90 Å². The molecule has 1 saturated heterocycles. The van der Waals surface area contributed by atoms with Crippen LogP contribution in [0, 0.1) is 5.41 Å². The Morgan fingerprint density at radius 3 is 2.17 bits per heavy atom. The maximum Gasteiger partial charge on any atom is 0.0103 e. The SMILES string of the molecule is CC(C)N1CCC2(CC1)C[C@@H]2N. The zero-order valence-corrected chi connectivity index (χ0v) is 8.21. The maximum absolute atomic E-state index is 5.93. The zero-order chi connectivity index (χ0) is 8.77. The van der Waals surface area contributed by atoms with Crippen molar-refractivity contribution in [1.29, 1.82) is 0 Å². The second kappa shape index (κ2) is 2.71. The summed E-state index contributed by atoms with van der Waals surface area (Å²) in [7, 11) is 0. The van der Waals surface area contributed by atoms with Gasteiger partial charge in [0.15, 0.2) is 0 Å². The number of hydrogen-bond donors (Lipinski definition) is 1. The van der Waals surface area contributed by atoms with E-state index in [1.165, 1.54) is 32.4 Å². The normalized spacial score (nSPS) is 34.5. The van der Waals surface area contributed by atoms with Crippen LogP contribution >= 0.6 is 0 Å². The Bertz CT molecular complexity index is 169. The number of hydrogen-bond acceptors (Lipinski definition) is 2. The van der Waals surface area contributed by atoms with Crippen molar-refractivity contribution < 1.29 is 0 Å². The Balaban J connectivity index is 1.86. The molecule has 2 heteroatoms. The van der Waals surface area contributed by atoms with Crippen LogP contribution in [0.15, 0.2) is 0 Å². The topological polar surface area (TPSA) is 29.3 Å². The summed E-state index contributed by atoms with van der Waals surface area (Å²) in [6.07, 6.45) is 3.97. The van der Waals surface area contributed by atoms with E-state index in [2.05, 4.69) is 18.7 Å². The van der Waals surface area contributed by atoms with Gasteiger partial charge in [-0.25, -0.2) is 0 Å². The molecule has 2 fully saturated rings. The van der Waals surface area contributed by atoms with Crippen molar-refractivity contribution in [2.24, 2.45) is 11.1 Å². The standard InChI is InChI=1S/C10H20N2/c1-8(2)12-5-3-10(4-6-12)7-9(10)11/h8-9H,3-7,11H2,1-2H3/t9-/m0/s1. The molecule has 1 atom stereocenters. The van der Waals surface area contributed by atoms with E-state index in [0.29, 0.717) is 11.5 Å². The first kappa shape index (κ1) is 8.52. The lowest BCUT2D eigenvalue weighted by molar-refractivity contribution is 0.137. The summed E-state index contributed by atoms with van der Waals surface area (Å²) in [6.45, 7) is 7.10. The van der Waals surface area contributed by atoms with Gasteiger partial charge in [-0.2, -0.15) is 0 Å². The predicted molar refractivity (Wildman–Crippen MR) is 51.0 cm³/mol. The van der Waals surface area contributed by atoms with E-state index in [1.807, 2.05) is 0 Å². The van der Waals surface area contributed by atoms with Gasteiger partial charge in [0, 0.05) is 12.1 Å². The summed E-state index contributed by atoms with van der Waals surface area (Å²) in [6, 6.07) is 1.25. The molecular weight excluding hydrogens is 148 g/mol. The first-order valence-electron chi connectivity index (χ1n) is 5.14. The van der Waals surface area contributed by atoms with Gasteiger partial charge in [-0.3, -0.25) is 0 Å². The Morgan fingerprint density at radius 2 is 1.83 bits per heavy atom. The Kier molecular flexibility index (Phi) is 1.92. The van der Waals surface area contributed by atoms with Gasteiger partial charge in [0.2, 0.25) is 0 Å². The van der Waals surface area contributed by atoms with Crippen LogP contribution < -0.4 is 5.73 Å². The third-order valence-electron chi connectivity index (χ3n) is 3.78. The molecule has 1 aliphatic heterocycles. The Morgan fingerprint density at radius 1 is 1.33 bits per heavy atom. The van der Waals surface area contributed by atoms with E-state index < -0.39 is 0 Å². The first-order valence-corrected chi connectivity index (χ1v) is 5.14. The van der Waals surface area contributed by atoms with Gasteiger partial charge in [-0.05, 0) is 51.6 Å². The Labute approximate surface area is 75.1 Å². The average molecular weight is 168 g/mol. The molecule has 12 heavy (non-hydrogen) atoms. The van der Waals surface area contributed by atoms with Gasteiger partial charge in [0.1, 0.15) is 0 Å². The highest BCUT2D eigenvalue weighted by molar-refractivity contribution is 5.08. The minimum Gasteiger partial charge on any atom is -0.327 e. The molecule has 0 unspecified atom stereocenters. The van der Waals surface area contributed by atoms with Crippen LogP contribution in [-0.4, -0.2) is 30.1 Å². The molecule has 0 aromatic carbocycles. The molecule has 70 valence electrons. The van der Waals surface area contributed by atoms with Gasteiger partial charge in [0.25, 0.3) is 0 Å². The zero-order valence-electron chi connectivity index (χ0n) is 8.21. The van der Waals surface area contributed by atoms with Gasteiger partial charge in [0.05, 0.1) is 0 Å². The maximum atomic E-state index is 5.93. The molecule has 1 heterocycles. The second-order valence-corrected chi connectivity index (χ2v) is 4.80. The summed E-state index contributed by atoms with van der Waals surface area (Å²) >= 11 is 0. The molecular formula is C10H20N2. The fourth-order valence-corrected chi connectivity index (χ4v) is 2.44. The van der Waals surface area contributed by atoms with Crippen LogP contribution in [0.4, 0.5) is 0 Å². The molecule has 1 saturated carbocycles. The largest absolute Gasteiger partial charge is 0.327 e. The fourth-order valence-electron chi connectivity index (χ4n) is 2.44. The molecule has 2 rings (SSSR count). The fraction of sp³-hybridized carbons (Fsp3) is 1.00. The van der Waals surface area contributed by atoms with Crippen LogP contribution in [0.1, 0.15) is 33.1 Å². The number of rotatable bonds is 1. The summed E-state index contributed by atoms with van der Waals surface area (Å²) in [5.41, 5.74) is 6.52. The van der Waals surface area contributed by atoms with Crippen LogP contribution in [0.2, 0.25) is 0 Å². The Hall–Kier alpha value is -0.0800. The molecule has 1 aliphatic carbocycles. The molecule has 0 aromatic heterocycles. The van der Waals surface area contributed by atoms with E-state index in [0.717, 1.165) is 6.04 Å². The number of piperidine rings is 1. The van der Waals surface area contributed by atoms with E-state index in [4.69, 9.17) is 5.73 Å². The molecule has 0 radical (unpaired) electrons. The van der Waals surface area contributed by atoms with Gasteiger partial charge < -0.3 is 10.6 Å². The van der Waals surface area contributed by atoms with Crippen LogP contribution in [0.25, 0.3) is 0 Å². The lowest BCUT2D eigenvalue weighted by Gasteiger charge is -2.35. The average Bonchev–Trinajstić information content (AvgIpc) is 2.62. The number of nitrogens with two attached hydrogens (primary N) is 1. The highest BCUT2D eigenvalue weighted by atomic mass is 15.2. The van der Waals surface area contributed by atoms with E-state index >= 15 is 0 Å². The van der Waals surface area contributed by atoms with Crippen molar-refractivity contribution in [2.45, 2.75) is 45.2 Å². The second-order valence-electron chi connectivity index (χ2n) is 4.80. The minimum atomic E-state index is 0.534. The number of likely N-dealkylation sites (tertiary alicyclic amines) is 1. The molecule has 2 aliphatic rings. The summed E-state index contributed by atoms with van der Waals surface area (Å²) < 4.78 is 0. The lowest BCUT2D eigenvalue weighted by atomic mass is 9.92. The predicted octanol–water partition coefficient (Wildman–Crippen LogP) is 1.21. The monoisotopic (exact) mass is 168 g/mol. The minimum absolute atomic E-state index is 0.534. The molecule has 0 amide bonds. The summed E-state index contributed by atoms with van der Waals surface area (Å²) in [5.74, 6) is 0. The van der Waals surface area contributed by atoms with Crippen molar-refractivity contribution in [3.63, 3.8) is 0 Å². The quantitative estimate of drug-likeness (QED) is 0.637. The van der Waals surface area contributed by atoms with Crippen molar-refractivity contribution in [3.05, 3.63) is 0 Å². The summed E-state index contributed by atoms with van der Waals surface area (Å²) in [4.78, 5) is 2.57. The molecule has 0 aromatic rings. The van der Waals surface area contributed by atoms with Crippen LogP contribution in [0.3, 0.4) is 0 Å². The smallest absolute Gasteiger partial charge is 0.0103 e. The molecule has 0 bridgehead atoms. The van der Waals surface area contributed by atoms with Crippen molar-refractivity contribution in [3.8, 4) is 0 Å². The van der Waals surface area contributed by atoms with Gasteiger partial charge in [-0.1, -0.05) is 0 Å². The van der Waals surface area contributed by atoms with Crippen molar-refractivity contribution in [2.75, 3.05) is 13.1 Å². The highest BCUT2D eigenvalue weighted by Crippen LogP contribution is 2.52. The van der Waals surface area contributed by atoms with Crippen LogP contribution in [0.5, 0.6) is 0 Å². The van der Waals surface area contributed by atoms with E-state index in [-0.39, 0.29) is 0 Å². The lowest BCUT2D eigenvalue weighted by Crippen LogP contribution is -2.40. The first-order chi connectivity index (χ1) is 5.64. The van der Waals surface area contributed by atoms with E-state index in [1.54, 1.807) is 0 Å². The third kappa shape index (κ3) is 1.27. The highest BCUT2D eigenvalue weighted by Gasteiger charge is 2.52. The third-order valence-corrected chi connectivity index (χ3v) is 3.78. The van der Waals surface area contributed by atoms with Crippen molar-refractivity contribution >= 4 is 0 Å². The molecule has 2 nitrogen and oxygen atoms in total.